The van der Waals surface area contributed by atoms with Crippen molar-refractivity contribution in [3.05, 3.63) is 65.9 Å². The maximum absolute atomic E-state index is 14.7. The van der Waals surface area contributed by atoms with Crippen LogP contribution < -0.4 is 21.3 Å². The number of aliphatic hydroxyl groups excluding tert-OH is 1. The van der Waals surface area contributed by atoms with E-state index in [1.54, 1.807) is 18.2 Å². The average Bonchev–Trinajstić information content (AvgIpc) is 3.93. The molecule has 6 rings (SSSR count). The van der Waals surface area contributed by atoms with Gasteiger partial charge in [-0.05, 0) is 87.2 Å². The van der Waals surface area contributed by atoms with Gasteiger partial charge in [-0.2, -0.15) is 0 Å². The van der Waals surface area contributed by atoms with Gasteiger partial charge in [-0.15, -0.1) is 0 Å². The van der Waals surface area contributed by atoms with Gasteiger partial charge >= 0.3 is 12.0 Å². The van der Waals surface area contributed by atoms with Gasteiger partial charge in [-0.3, -0.25) is 24.0 Å². The van der Waals surface area contributed by atoms with Gasteiger partial charge in [0.05, 0.1) is 6.10 Å². The molecule has 9 atom stereocenters. The Morgan fingerprint density at radius 3 is 2.33 bits per heavy atom. The highest BCUT2D eigenvalue weighted by Gasteiger charge is 2.47. The number of cyclic esters (lactones) is 1. The topological polar surface area (TPSA) is 212 Å². The van der Waals surface area contributed by atoms with Crippen molar-refractivity contribution in [1.29, 1.82) is 0 Å². The van der Waals surface area contributed by atoms with Crippen LogP contribution in [0.2, 0.25) is 0 Å². The van der Waals surface area contributed by atoms with Crippen molar-refractivity contribution in [3.8, 4) is 0 Å². The van der Waals surface area contributed by atoms with E-state index in [0.717, 1.165) is 27.9 Å². The molecule has 4 heterocycles. The minimum atomic E-state index is -1.70. The number of urea groups is 1. The van der Waals surface area contributed by atoms with Crippen LogP contribution in [-0.4, -0.2) is 135 Å². The molecule has 1 aromatic heterocycles. The average molecular weight is 851 g/mol. The predicted molar refractivity (Wildman–Crippen MR) is 216 cm³/mol. The Morgan fingerprint density at radius 1 is 0.934 bits per heavy atom. The van der Waals surface area contributed by atoms with Crippen LogP contribution in [-0.2, 0) is 47.0 Å². The fraction of sp³-hybridized carbons (Fsp3) is 0.500. The number of halogens is 2. The third-order valence-electron chi connectivity index (χ3n) is 11.6. The largest absolute Gasteiger partial charge is 0.458 e. The third-order valence-corrected chi connectivity index (χ3v) is 11.6. The minimum Gasteiger partial charge on any atom is -0.458 e. The van der Waals surface area contributed by atoms with E-state index in [1.165, 1.54) is 37.6 Å². The van der Waals surface area contributed by atoms with Crippen molar-refractivity contribution in [2.45, 2.75) is 102 Å². The lowest BCUT2D eigenvalue weighted by Gasteiger charge is -2.37. The maximum atomic E-state index is 14.7. The van der Waals surface area contributed by atoms with E-state index in [4.69, 9.17) is 4.74 Å². The molecule has 0 unspecified atom stereocenters. The number of nitrogens with one attached hydrogen (secondary N) is 4. The van der Waals surface area contributed by atoms with Gasteiger partial charge < -0.3 is 50.4 Å². The number of anilines is 1. The zero-order valence-electron chi connectivity index (χ0n) is 34.8. The second-order valence-electron chi connectivity index (χ2n) is 16.4. The van der Waals surface area contributed by atoms with Crippen LogP contribution in [0.3, 0.4) is 0 Å². The van der Waals surface area contributed by atoms with Crippen LogP contribution in [0.5, 0.6) is 0 Å². The number of nitrogens with zero attached hydrogens (tertiary/aromatic N) is 4. The Balaban J connectivity index is 1.34. The number of hydrogen-bond acceptors (Lipinski definition) is 9. The van der Waals surface area contributed by atoms with Crippen molar-refractivity contribution >= 4 is 58.1 Å². The summed E-state index contributed by atoms with van der Waals surface area (Å²) in [5.74, 6) is -6.94. The number of aliphatic hydroxyl groups is 1. The number of hydrogen-bond donors (Lipinski definition) is 5. The molecule has 0 spiro atoms. The lowest BCUT2D eigenvalue weighted by Crippen LogP contribution is -2.63. The number of benzene rings is 2. The molecule has 5 N–H and O–H groups in total. The zero-order chi connectivity index (χ0) is 44.4. The molecular weight excluding hydrogens is 799 g/mol. The number of carbonyl (C=O) groups is 7. The van der Waals surface area contributed by atoms with E-state index in [-0.39, 0.29) is 37.4 Å². The maximum Gasteiger partial charge on any atom is 0.329 e. The summed E-state index contributed by atoms with van der Waals surface area (Å²) >= 11 is 0. The van der Waals surface area contributed by atoms with E-state index in [0.29, 0.717) is 18.2 Å². The molecule has 61 heavy (non-hydrogen) atoms. The summed E-state index contributed by atoms with van der Waals surface area (Å²) in [6.07, 6.45) is -0.780. The Kier molecular flexibility index (Phi) is 13.3. The van der Waals surface area contributed by atoms with Gasteiger partial charge in [0.25, 0.3) is 0 Å². The zero-order valence-corrected chi connectivity index (χ0v) is 34.8. The summed E-state index contributed by atoms with van der Waals surface area (Å²) in [6.45, 7) is 6.07. The highest BCUT2D eigenvalue weighted by molar-refractivity contribution is 5.99. The molecule has 3 aliphatic heterocycles. The molecule has 0 saturated carbocycles. The summed E-state index contributed by atoms with van der Waals surface area (Å²) in [5.41, 5.74) is 1.16. The van der Waals surface area contributed by atoms with Crippen LogP contribution in [0.25, 0.3) is 10.9 Å². The quantitative estimate of drug-likeness (QED) is 0.218. The first-order valence-electron chi connectivity index (χ1n) is 20.3. The first-order chi connectivity index (χ1) is 28.8. The van der Waals surface area contributed by atoms with Gasteiger partial charge in [0.2, 0.25) is 29.5 Å². The summed E-state index contributed by atoms with van der Waals surface area (Å²) in [4.78, 5) is 101. The Hall–Kier alpha value is -6.11. The Bertz CT molecular complexity index is 2200. The Labute approximate surface area is 351 Å². The molecule has 19 heteroatoms. The first kappa shape index (κ1) is 44.4. The van der Waals surface area contributed by atoms with Crippen molar-refractivity contribution in [3.63, 3.8) is 0 Å². The van der Waals surface area contributed by atoms with E-state index in [2.05, 4.69) is 21.3 Å². The second-order valence-corrected chi connectivity index (χ2v) is 16.4. The van der Waals surface area contributed by atoms with Crippen molar-refractivity contribution in [1.82, 2.24) is 35.2 Å². The molecule has 0 aliphatic carbocycles. The van der Waals surface area contributed by atoms with Gasteiger partial charge in [0, 0.05) is 57.1 Å². The van der Waals surface area contributed by atoms with Crippen LogP contribution in [0, 0.1) is 17.6 Å². The van der Waals surface area contributed by atoms with E-state index < -0.39 is 108 Å². The molecule has 3 aliphatic rings. The van der Waals surface area contributed by atoms with E-state index >= 15 is 0 Å². The van der Waals surface area contributed by atoms with Gasteiger partial charge in [0.1, 0.15) is 54.0 Å². The van der Waals surface area contributed by atoms with Crippen LogP contribution in [0.4, 0.5) is 19.3 Å². The number of esters is 1. The van der Waals surface area contributed by atoms with E-state index in [1.807, 2.05) is 30.8 Å². The molecule has 7 amide bonds. The van der Waals surface area contributed by atoms with Crippen LogP contribution in [0.1, 0.15) is 52.5 Å². The summed E-state index contributed by atoms with van der Waals surface area (Å²) in [7, 11) is 3.12. The van der Waals surface area contributed by atoms with E-state index in [9.17, 15) is 47.4 Å². The van der Waals surface area contributed by atoms with Crippen molar-refractivity contribution in [2.24, 2.45) is 13.0 Å². The molecular formula is C42H52F2N8O9. The number of rotatable bonds is 7. The van der Waals surface area contributed by atoms with Crippen molar-refractivity contribution < 1.29 is 52.2 Å². The Morgan fingerprint density at radius 2 is 1.64 bits per heavy atom. The lowest BCUT2D eigenvalue weighted by molar-refractivity contribution is -0.163. The number of amides is 7. The monoisotopic (exact) mass is 850 g/mol. The van der Waals surface area contributed by atoms with Gasteiger partial charge in [0.15, 0.2) is 0 Å². The second kappa shape index (κ2) is 18.2. The molecule has 0 radical (unpaired) electrons. The predicted octanol–water partition coefficient (Wildman–Crippen LogP) is 1.56. The van der Waals surface area contributed by atoms with Gasteiger partial charge in [-0.25, -0.2) is 18.4 Å². The van der Waals surface area contributed by atoms with Gasteiger partial charge in [-0.1, -0.05) is 13.0 Å². The van der Waals surface area contributed by atoms with Crippen LogP contribution >= 0.6 is 0 Å². The number of ether oxygens (including phenoxy) is 1. The summed E-state index contributed by atoms with van der Waals surface area (Å²) < 4.78 is 36.5. The first-order valence-corrected chi connectivity index (χ1v) is 20.3. The number of fused-ring (bicyclic) bond motifs is 3. The lowest BCUT2D eigenvalue weighted by atomic mass is 10.0. The number of aromatic nitrogens is 1. The molecule has 0 bridgehead atoms. The molecule has 17 nitrogen and oxygen atoms in total. The highest BCUT2D eigenvalue weighted by Crippen LogP contribution is 2.28. The molecule has 3 saturated heterocycles. The molecule has 2 aromatic carbocycles. The fourth-order valence-corrected chi connectivity index (χ4v) is 8.48. The fourth-order valence-electron chi connectivity index (χ4n) is 8.48. The molecule has 3 aromatic rings. The third kappa shape index (κ3) is 9.77. The number of carbonyl (C=O) groups excluding carboxylic acids is 7. The molecule has 328 valence electrons. The van der Waals surface area contributed by atoms with Crippen molar-refractivity contribution in [2.75, 3.05) is 25.5 Å². The highest BCUT2D eigenvalue weighted by atomic mass is 19.1. The normalized spacial score (nSPS) is 26.3. The number of aryl methyl sites for hydroxylation is 1. The minimum absolute atomic E-state index is 0.00810. The summed E-state index contributed by atoms with van der Waals surface area (Å²) in [6, 6.07) is 0.560. The summed E-state index contributed by atoms with van der Waals surface area (Å²) in [5, 5.41) is 22.0. The smallest absolute Gasteiger partial charge is 0.329 e. The SMILES string of the molecule is C[C@@H]1C[C@H]2C(=O)O[C@@H](C)[C@H](NC(=O)[C@H](Cc3cc(F)cc(F)c3)NC(=O)Nc3ccc4ccn(C)c4c3)C(=O)N3CCC[C@H]3C(=O)N(C)[C@@H]([C@H](C)O)C(=O)N[C@@H](C)C(=O)N2C1. The molecule has 3 fully saturated rings. The standard InChI is InChI=1S/C42H52F2N8O9/c1-21-14-33-41(59)61-24(4)34(40(58)51-12-7-8-31(51)39(57)50(6)35(23(3)53)37(55)45-22(2)38(56)52(33)20-21)48-36(54)30(17-25-15-27(43)18-28(44)16-25)47-42(60)46-29-10-9-26-11-13-49(5)32(26)19-29/h9-11,13,15-16,18-19,21-24,30-31,33-35,53H,7-8,12,14,17,20H2,1-6H3,(H,45,55)(H,48,54)(H2,46,47,60)/t21-,22+,23+,24+,30+,31+,33+,34+,35+/m1/s1. The number of likely N-dealkylation sites (N-methyl/N-ethyl adjacent to an activating group) is 1. The van der Waals surface area contributed by atoms with Crippen LogP contribution in [0.15, 0.2) is 48.7 Å².